The minimum Gasteiger partial charge on any atom is -0.480 e. The van der Waals surface area contributed by atoms with Crippen molar-refractivity contribution in [2.24, 2.45) is 28.1 Å². The molecule has 0 radical (unpaired) electrons. The molecule has 14 nitrogen and oxygen atoms in total. The minimum atomic E-state index is -1.18. The van der Waals surface area contributed by atoms with Gasteiger partial charge in [0.25, 0.3) is 0 Å². The van der Waals surface area contributed by atoms with Crippen LogP contribution in [0.4, 0.5) is 0 Å². The fourth-order valence-corrected chi connectivity index (χ4v) is 3.06. The molecule has 0 aliphatic heterocycles. The summed E-state index contributed by atoms with van der Waals surface area (Å²) in [5.74, 6) is -3.50. The number of H-pyrrole nitrogens is 1. The Hall–Kier alpha value is -3.68. The number of carbonyl (C=O) groups is 4. The van der Waals surface area contributed by atoms with Gasteiger partial charge in [0.05, 0.1) is 12.9 Å². The molecule has 0 fully saturated rings. The first-order valence-corrected chi connectivity index (χ1v) is 10.9. The SMILES string of the molecule is CCC(C)C(NC(=O)C(CCCN=C(N)N)NC(=O)C(Cc1cnc[nH]1)NC(=O)CN)C(=O)O. The molecule has 0 aliphatic rings. The highest BCUT2D eigenvalue weighted by Gasteiger charge is 2.31. The summed E-state index contributed by atoms with van der Waals surface area (Å²) < 4.78 is 0. The van der Waals surface area contributed by atoms with E-state index in [2.05, 4.69) is 30.9 Å². The number of nitrogens with one attached hydrogen (secondary N) is 4. The van der Waals surface area contributed by atoms with Crippen LogP contribution in [0.3, 0.4) is 0 Å². The van der Waals surface area contributed by atoms with Crippen molar-refractivity contribution in [3.05, 3.63) is 18.2 Å². The van der Waals surface area contributed by atoms with Gasteiger partial charge in [0.15, 0.2) is 5.96 Å². The molecule has 1 aromatic rings. The number of guanidine groups is 1. The molecule has 34 heavy (non-hydrogen) atoms. The number of carbonyl (C=O) groups excluding carboxylic acids is 3. The summed E-state index contributed by atoms with van der Waals surface area (Å²) in [5, 5.41) is 17.1. The number of nitrogens with two attached hydrogens (primary N) is 3. The van der Waals surface area contributed by atoms with Crippen LogP contribution < -0.4 is 33.2 Å². The van der Waals surface area contributed by atoms with Gasteiger partial charge in [-0.05, 0) is 18.8 Å². The second-order valence-electron chi connectivity index (χ2n) is 7.83. The Bertz CT molecular complexity index is 839. The van der Waals surface area contributed by atoms with Crippen molar-refractivity contribution >= 4 is 29.7 Å². The standard InChI is InChI=1S/C20H35N9O5/c1-3-11(2)16(19(33)34)29-17(31)13(5-4-6-25-20(22)23)28-18(32)14(27-15(30)8-21)7-12-9-24-10-26-12/h9-11,13-14,16H,3-8,21H2,1-2H3,(H,24,26)(H,27,30)(H,28,32)(H,29,31)(H,33,34)(H4,22,23,25). The van der Waals surface area contributed by atoms with Crippen LogP contribution in [0.5, 0.6) is 0 Å². The van der Waals surface area contributed by atoms with E-state index in [1.54, 1.807) is 13.8 Å². The lowest BCUT2D eigenvalue weighted by atomic mass is 9.98. The van der Waals surface area contributed by atoms with Crippen molar-refractivity contribution in [3.63, 3.8) is 0 Å². The van der Waals surface area contributed by atoms with Crippen molar-refractivity contribution in [1.29, 1.82) is 0 Å². The van der Waals surface area contributed by atoms with Crippen molar-refractivity contribution in [1.82, 2.24) is 25.9 Å². The Balaban J connectivity index is 3.03. The van der Waals surface area contributed by atoms with E-state index in [4.69, 9.17) is 17.2 Å². The lowest BCUT2D eigenvalue weighted by Crippen LogP contribution is -2.57. The molecule has 14 heteroatoms. The number of hydrogen-bond donors (Lipinski definition) is 8. The van der Waals surface area contributed by atoms with Crippen LogP contribution in [0.2, 0.25) is 0 Å². The molecule has 0 bridgehead atoms. The van der Waals surface area contributed by atoms with Crippen LogP contribution in [0.1, 0.15) is 38.8 Å². The number of imidazole rings is 1. The molecule has 190 valence electrons. The van der Waals surface area contributed by atoms with Crippen molar-refractivity contribution in [2.75, 3.05) is 13.1 Å². The maximum absolute atomic E-state index is 13.0. The topological polar surface area (TPSA) is 244 Å². The summed E-state index contributed by atoms with van der Waals surface area (Å²) in [6, 6.07) is -3.27. The van der Waals surface area contributed by atoms with Crippen molar-refractivity contribution < 1.29 is 24.3 Å². The highest BCUT2D eigenvalue weighted by Crippen LogP contribution is 2.10. The number of aromatic amines is 1. The van der Waals surface area contributed by atoms with E-state index in [9.17, 15) is 24.3 Å². The van der Waals surface area contributed by atoms with Gasteiger partial charge in [-0.3, -0.25) is 19.4 Å². The van der Waals surface area contributed by atoms with Crippen molar-refractivity contribution in [3.8, 4) is 0 Å². The van der Waals surface area contributed by atoms with Gasteiger partial charge in [-0.15, -0.1) is 0 Å². The Morgan fingerprint density at radius 1 is 1.15 bits per heavy atom. The number of aromatic nitrogens is 2. The zero-order valence-corrected chi connectivity index (χ0v) is 19.4. The van der Waals surface area contributed by atoms with Crippen LogP contribution in [-0.4, -0.2) is 75.9 Å². The molecule has 1 rings (SSSR count). The average Bonchev–Trinajstić information content (AvgIpc) is 3.30. The van der Waals surface area contributed by atoms with E-state index in [1.807, 2.05) is 0 Å². The number of aliphatic carboxylic acids is 1. The molecule has 4 atom stereocenters. The van der Waals surface area contributed by atoms with E-state index in [0.717, 1.165) is 0 Å². The first-order valence-electron chi connectivity index (χ1n) is 10.9. The first-order chi connectivity index (χ1) is 16.1. The zero-order valence-electron chi connectivity index (χ0n) is 19.4. The van der Waals surface area contributed by atoms with Gasteiger partial charge in [-0.2, -0.15) is 0 Å². The maximum Gasteiger partial charge on any atom is 0.326 e. The van der Waals surface area contributed by atoms with E-state index < -0.39 is 41.8 Å². The minimum absolute atomic E-state index is 0.0739. The Labute approximate surface area is 197 Å². The number of amides is 3. The van der Waals surface area contributed by atoms with Gasteiger partial charge in [0.1, 0.15) is 18.1 Å². The maximum atomic E-state index is 13.0. The van der Waals surface area contributed by atoms with Gasteiger partial charge in [-0.1, -0.05) is 20.3 Å². The first kappa shape index (κ1) is 28.4. The predicted molar refractivity (Wildman–Crippen MR) is 124 cm³/mol. The van der Waals surface area contributed by atoms with Gasteiger partial charge in [0, 0.05) is 24.9 Å². The van der Waals surface area contributed by atoms with Crippen LogP contribution in [-0.2, 0) is 25.6 Å². The molecule has 0 aliphatic carbocycles. The third kappa shape index (κ3) is 9.85. The fraction of sp³-hybridized carbons (Fsp3) is 0.600. The summed E-state index contributed by atoms with van der Waals surface area (Å²) in [6.07, 6.45) is 3.98. The van der Waals surface area contributed by atoms with Crippen LogP contribution in [0.15, 0.2) is 17.5 Å². The number of carboxylic acid groups (broad SMARTS) is 1. The lowest BCUT2D eigenvalue weighted by molar-refractivity contribution is -0.143. The van der Waals surface area contributed by atoms with Crippen LogP contribution in [0, 0.1) is 5.92 Å². The van der Waals surface area contributed by atoms with E-state index in [1.165, 1.54) is 12.5 Å². The number of hydrogen-bond acceptors (Lipinski definition) is 7. The number of rotatable bonds is 15. The number of aliphatic imine (C=N–C) groups is 1. The Kier molecular flexibility index (Phi) is 12.1. The van der Waals surface area contributed by atoms with Crippen LogP contribution in [0.25, 0.3) is 0 Å². The summed E-state index contributed by atoms with van der Waals surface area (Å²) in [7, 11) is 0. The highest BCUT2D eigenvalue weighted by molar-refractivity contribution is 5.93. The molecular formula is C20H35N9O5. The van der Waals surface area contributed by atoms with Crippen LogP contribution >= 0.6 is 0 Å². The van der Waals surface area contributed by atoms with E-state index in [0.29, 0.717) is 18.5 Å². The number of nitrogens with zero attached hydrogens (tertiary/aromatic N) is 2. The van der Waals surface area contributed by atoms with E-state index in [-0.39, 0.29) is 37.8 Å². The predicted octanol–water partition coefficient (Wildman–Crippen LogP) is -2.45. The second kappa shape index (κ2) is 14.5. The van der Waals surface area contributed by atoms with Gasteiger partial charge in [-0.25, -0.2) is 9.78 Å². The number of carboxylic acids is 1. The zero-order chi connectivity index (χ0) is 25.7. The fourth-order valence-electron chi connectivity index (χ4n) is 3.06. The summed E-state index contributed by atoms with van der Waals surface area (Å²) in [6.45, 7) is 3.39. The highest BCUT2D eigenvalue weighted by atomic mass is 16.4. The Morgan fingerprint density at radius 3 is 2.35 bits per heavy atom. The van der Waals surface area contributed by atoms with Crippen molar-refractivity contribution in [2.45, 2.75) is 57.7 Å². The van der Waals surface area contributed by atoms with E-state index >= 15 is 0 Å². The third-order valence-corrected chi connectivity index (χ3v) is 5.17. The molecule has 1 heterocycles. The second-order valence-corrected chi connectivity index (χ2v) is 7.83. The molecule has 11 N–H and O–H groups in total. The van der Waals surface area contributed by atoms with Gasteiger partial charge < -0.3 is 43.2 Å². The summed E-state index contributed by atoms with van der Waals surface area (Å²) in [4.78, 5) is 60.1. The molecule has 0 saturated heterocycles. The molecule has 0 saturated carbocycles. The molecule has 1 aromatic heterocycles. The largest absolute Gasteiger partial charge is 0.480 e. The quantitative estimate of drug-likeness (QED) is 0.0751. The normalized spacial score (nSPS) is 14.2. The molecule has 0 spiro atoms. The third-order valence-electron chi connectivity index (χ3n) is 5.17. The molecule has 3 amide bonds. The average molecular weight is 482 g/mol. The smallest absolute Gasteiger partial charge is 0.326 e. The van der Waals surface area contributed by atoms with Gasteiger partial charge >= 0.3 is 5.97 Å². The monoisotopic (exact) mass is 481 g/mol. The molecular weight excluding hydrogens is 446 g/mol. The molecule has 4 unspecified atom stereocenters. The van der Waals surface area contributed by atoms with Gasteiger partial charge in [0.2, 0.25) is 17.7 Å². The Morgan fingerprint density at radius 2 is 1.82 bits per heavy atom. The lowest BCUT2D eigenvalue weighted by Gasteiger charge is -2.26. The summed E-state index contributed by atoms with van der Waals surface area (Å²) >= 11 is 0. The summed E-state index contributed by atoms with van der Waals surface area (Å²) in [5.41, 5.74) is 16.6. The molecule has 0 aromatic carbocycles.